The van der Waals surface area contributed by atoms with Crippen LogP contribution < -0.4 is 5.90 Å². The molecule has 0 fully saturated rings. The second kappa shape index (κ2) is 2.01. The van der Waals surface area contributed by atoms with Gasteiger partial charge in [-0.25, -0.2) is 0 Å². The third-order valence-electron chi connectivity index (χ3n) is 0.252. The molecule has 0 saturated heterocycles. The average molecular weight is 125 g/mol. The van der Waals surface area contributed by atoms with Gasteiger partial charge in [0, 0.05) is 0 Å². The lowest BCUT2D eigenvalue weighted by Crippen LogP contribution is -2.10. The van der Waals surface area contributed by atoms with E-state index in [1.165, 1.54) is 0 Å². The Labute approximate surface area is 40.1 Å². The zero-order valence-electron chi connectivity index (χ0n) is 3.20. The van der Waals surface area contributed by atoms with E-state index < -0.39 is 10.1 Å². The zero-order valence-corrected chi connectivity index (χ0v) is 4.01. The molecule has 0 aromatic rings. The molecule has 0 heterocycles. The molecule has 42 valence electrons. The van der Waals surface area contributed by atoms with Gasteiger partial charge in [0.05, 0.1) is 0 Å². The van der Waals surface area contributed by atoms with Crippen molar-refractivity contribution in [3.05, 3.63) is 0 Å². The van der Waals surface area contributed by atoms with Gasteiger partial charge in [0.25, 0.3) is 5.62 Å². The first-order chi connectivity index (χ1) is 3.12. The molecule has 0 rings (SSSR count). The Balaban J connectivity index is 4.17. The molecule has 0 amide bonds. The van der Waals surface area contributed by atoms with Crippen LogP contribution in [-0.2, 0) is 19.2 Å². The summed E-state index contributed by atoms with van der Waals surface area (Å²) in [5.41, 5.74) is -0.382. The molecule has 6 heteroatoms. The van der Waals surface area contributed by atoms with Crippen LogP contribution >= 0.6 is 0 Å². The predicted octanol–water partition coefficient (Wildman–Crippen LogP) is -1.60. The summed E-state index contributed by atoms with van der Waals surface area (Å²) in [6, 6.07) is 0. The van der Waals surface area contributed by atoms with E-state index in [1.807, 2.05) is 0 Å². The maximum absolute atomic E-state index is 9.65. The number of carbonyl (C=O) groups excluding carboxylic acids is 1. The van der Waals surface area contributed by atoms with E-state index in [9.17, 15) is 13.2 Å². The van der Waals surface area contributed by atoms with Crippen LogP contribution in [0.25, 0.3) is 0 Å². The highest BCUT2D eigenvalue weighted by molar-refractivity contribution is 8.00. The van der Waals surface area contributed by atoms with E-state index in [2.05, 4.69) is 10.2 Å². The van der Waals surface area contributed by atoms with Gasteiger partial charge in [0.2, 0.25) is 0 Å². The van der Waals surface area contributed by atoms with Crippen molar-refractivity contribution < 1.29 is 17.5 Å². The number of carbonyl (C=O) groups is 1. The lowest BCUT2D eigenvalue weighted by atomic mass is 11.8. The van der Waals surface area contributed by atoms with Crippen LogP contribution in [0.2, 0.25) is 0 Å². The molecule has 0 aromatic carbocycles. The van der Waals surface area contributed by atoms with Gasteiger partial charge in [-0.15, -0.1) is 0 Å². The minimum atomic E-state index is -4.06. The molecular weight excluding hydrogens is 122 g/mol. The summed E-state index contributed by atoms with van der Waals surface area (Å²) in [5, 5.41) is 0. The predicted molar refractivity (Wildman–Crippen MR) is 20.9 cm³/mol. The molecule has 0 aliphatic rings. The zero-order chi connectivity index (χ0) is 5.91. The maximum atomic E-state index is 9.65. The first-order valence-corrected chi connectivity index (χ1v) is 2.68. The van der Waals surface area contributed by atoms with E-state index in [1.54, 1.807) is 0 Å². The van der Waals surface area contributed by atoms with Crippen LogP contribution in [-0.4, -0.2) is 14.0 Å². The first-order valence-electron chi connectivity index (χ1n) is 1.21. The Hall–Kier alpha value is -0.460. The largest absolute Gasteiger partial charge is 0.343 e. The molecule has 2 N–H and O–H groups in total. The summed E-state index contributed by atoms with van der Waals surface area (Å²) in [7, 11) is -4.06. The molecule has 7 heavy (non-hydrogen) atoms. The van der Waals surface area contributed by atoms with Gasteiger partial charge in [-0.3, -0.25) is 4.79 Å². The molecule has 0 aliphatic heterocycles. The molecule has 0 unspecified atom stereocenters. The van der Waals surface area contributed by atoms with Crippen LogP contribution in [0, 0.1) is 0 Å². The van der Waals surface area contributed by atoms with Crippen molar-refractivity contribution in [3.63, 3.8) is 0 Å². The van der Waals surface area contributed by atoms with Crippen molar-refractivity contribution in [1.82, 2.24) is 0 Å². The fourth-order valence-corrected chi connectivity index (χ4v) is 0.0680. The quantitative estimate of drug-likeness (QED) is 0.354. The van der Waals surface area contributed by atoms with Gasteiger partial charge in [0.1, 0.15) is 0 Å². The summed E-state index contributed by atoms with van der Waals surface area (Å²) in [6.45, 7) is 0. The SMILES string of the molecule is NOS(=O)(=O)C=O. The van der Waals surface area contributed by atoms with E-state index in [4.69, 9.17) is 0 Å². The van der Waals surface area contributed by atoms with Crippen molar-refractivity contribution in [3.8, 4) is 0 Å². The Morgan fingerprint density at radius 2 is 2.00 bits per heavy atom. The van der Waals surface area contributed by atoms with Crippen LogP contribution in [0.3, 0.4) is 0 Å². The molecule has 5 nitrogen and oxygen atoms in total. The molecule has 0 bridgehead atoms. The van der Waals surface area contributed by atoms with Crippen molar-refractivity contribution in [2.75, 3.05) is 0 Å². The highest BCUT2D eigenvalue weighted by atomic mass is 32.2. The van der Waals surface area contributed by atoms with Crippen LogP contribution in [0.1, 0.15) is 0 Å². The highest BCUT2D eigenvalue weighted by Crippen LogP contribution is 1.74. The topological polar surface area (TPSA) is 86.5 Å². The summed E-state index contributed by atoms with van der Waals surface area (Å²) in [4.78, 5) is 9.26. The summed E-state index contributed by atoms with van der Waals surface area (Å²) in [5.74, 6) is 4.10. The maximum Gasteiger partial charge on any atom is 0.343 e. The summed E-state index contributed by atoms with van der Waals surface area (Å²) < 4.78 is 22.5. The second-order valence-corrected chi connectivity index (χ2v) is 2.06. The number of nitrogens with two attached hydrogens (primary N) is 1. The Morgan fingerprint density at radius 3 is 2.00 bits per heavy atom. The van der Waals surface area contributed by atoms with Gasteiger partial charge in [0.15, 0.2) is 0 Å². The molecular formula is CH3NO4S. The van der Waals surface area contributed by atoms with E-state index >= 15 is 0 Å². The Bertz CT molecular complexity index is 145. The molecule has 0 saturated carbocycles. The van der Waals surface area contributed by atoms with Gasteiger partial charge in [-0.1, -0.05) is 0 Å². The monoisotopic (exact) mass is 125 g/mol. The van der Waals surface area contributed by atoms with Gasteiger partial charge in [-0.2, -0.15) is 18.6 Å². The number of rotatable bonds is 2. The lowest BCUT2D eigenvalue weighted by Gasteiger charge is -1.82. The van der Waals surface area contributed by atoms with Crippen LogP contribution in [0.4, 0.5) is 0 Å². The minimum Gasteiger partial charge on any atom is -0.283 e. The van der Waals surface area contributed by atoms with Gasteiger partial charge >= 0.3 is 10.1 Å². The van der Waals surface area contributed by atoms with Crippen molar-refractivity contribution >= 4 is 15.7 Å². The standard InChI is InChI=1S/CH3NO4S/c2-6-7(4,5)1-3/h1H,2H2. The Kier molecular flexibility index (Phi) is 1.88. The van der Waals surface area contributed by atoms with Gasteiger partial charge in [-0.05, 0) is 0 Å². The summed E-state index contributed by atoms with van der Waals surface area (Å²) >= 11 is 0. The number of hydrogen-bond acceptors (Lipinski definition) is 5. The molecule has 0 aliphatic carbocycles. The fraction of sp³-hybridized carbons (Fsp3) is 0. The molecule has 0 aromatic heterocycles. The smallest absolute Gasteiger partial charge is 0.283 e. The van der Waals surface area contributed by atoms with E-state index in [0.717, 1.165) is 0 Å². The fourth-order valence-electron chi connectivity index (χ4n) is 0.0227. The highest BCUT2D eigenvalue weighted by Gasteiger charge is 2.02. The summed E-state index contributed by atoms with van der Waals surface area (Å²) in [6.07, 6.45) is 0. The third kappa shape index (κ3) is 2.26. The third-order valence-corrected chi connectivity index (χ3v) is 0.756. The molecule has 0 radical (unpaired) electrons. The van der Waals surface area contributed by atoms with E-state index in [0.29, 0.717) is 0 Å². The normalized spacial score (nSPS) is 11.0. The van der Waals surface area contributed by atoms with E-state index in [-0.39, 0.29) is 5.62 Å². The van der Waals surface area contributed by atoms with Crippen LogP contribution in [0.5, 0.6) is 0 Å². The Morgan fingerprint density at radius 1 is 1.57 bits per heavy atom. The van der Waals surface area contributed by atoms with Crippen molar-refractivity contribution in [2.45, 2.75) is 0 Å². The minimum absolute atomic E-state index is 0.382. The van der Waals surface area contributed by atoms with Crippen molar-refractivity contribution in [2.24, 2.45) is 5.90 Å². The average Bonchev–Trinajstić information content (AvgIpc) is 1.68. The van der Waals surface area contributed by atoms with Crippen molar-refractivity contribution in [1.29, 1.82) is 0 Å². The first kappa shape index (κ1) is 6.54. The van der Waals surface area contributed by atoms with Gasteiger partial charge < -0.3 is 0 Å². The lowest BCUT2D eigenvalue weighted by molar-refractivity contribution is 0.340. The molecule has 0 spiro atoms. The van der Waals surface area contributed by atoms with Crippen LogP contribution in [0.15, 0.2) is 0 Å². The second-order valence-electron chi connectivity index (χ2n) is 0.685. The number of hydrogen-bond donors (Lipinski definition) is 1. The molecule has 0 atom stereocenters.